The van der Waals surface area contributed by atoms with Crippen LogP contribution in [0.1, 0.15) is 13.3 Å². The van der Waals surface area contributed by atoms with E-state index in [1.54, 1.807) is 31.3 Å². The lowest BCUT2D eigenvalue weighted by molar-refractivity contribution is -0.193. The highest BCUT2D eigenvalue weighted by Gasteiger charge is 2.36. The largest absolute Gasteiger partial charge is 0.500 e. The fraction of sp³-hybridized carbons (Fsp3) is 0.846. The van der Waals surface area contributed by atoms with Crippen molar-refractivity contribution in [2.45, 2.75) is 19.4 Å². The Morgan fingerprint density at radius 1 is 1.04 bits per heavy atom. The quantitative estimate of drug-likeness (QED) is 0.489. The number of piperazine rings is 1. The van der Waals surface area contributed by atoms with Gasteiger partial charge in [-0.2, -0.15) is 0 Å². The smallest absolute Gasteiger partial charge is 0.377 e. The zero-order chi connectivity index (χ0) is 17.3. The molecule has 0 aromatic carbocycles. The number of nitrogens with one attached hydrogen (secondary N) is 1. The first-order valence-electron chi connectivity index (χ1n) is 7.58. The second-order valence-electron chi connectivity index (χ2n) is 5.13. The van der Waals surface area contributed by atoms with Crippen LogP contribution in [0.4, 0.5) is 4.79 Å². The van der Waals surface area contributed by atoms with Gasteiger partial charge < -0.3 is 28.3 Å². The molecule has 23 heavy (non-hydrogen) atoms. The van der Waals surface area contributed by atoms with E-state index in [2.05, 4.69) is 5.32 Å². The van der Waals surface area contributed by atoms with E-state index in [1.165, 1.54) is 6.92 Å². The molecule has 1 saturated heterocycles. The third-order valence-corrected chi connectivity index (χ3v) is 6.48. The van der Waals surface area contributed by atoms with Gasteiger partial charge in [0.1, 0.15) is 0 Å². The Balaban J connectivity index is 2.24. The minimum Gasteiger partial charge on any atom is -0.377 e. The van der Waals surface area contributed by atoms with Gasteiger partial charge >= 0.3 is 20.8 Å². The topological polar surface area (TPSA) is 89.6 Å². The Morgan fingerprint density at radius 2 is 1.61 bits per heavy atom. The Hall–Kier alpha value is -1.20. The van der Waals surface area contributed by atoms with Gasteiger partial charge in [0.2, 0.25) is 0 Å². The van der Waals surface area contributed by atoms with Crippen LogP contribution in [0.25, 0.3) is 0 Å². The third kappa shape index (κ3) is 6.43. The highest BCUT2D eigenvalue weighted by Crippen LogP contribution is 2.14. The van der Waals surface area contributed by atoms with Crippen molar-refractivity contribution < 1.29 is 27.7 Å². The predicted molar refractivity (Wildman–Crippen MR) is 84.5 cm³/mol. The number of hydrogen-bond acceptors (Lipinski definition) is 7. The summed E-state index contributed by atoms with van der Waals surface area (Å²) in [5, 5.41) is 4.44. The van der Waals surface area contributed by atoms with Crippen LogP contribution in [-0.2, 0) is 22.9 Å². The summed E-state index contributed by atoms with van der Waals surface area (Å²) in [6.07, 6.45) is 0.709. The Morgan fingerprint density at radius 3 is 2.09 bits per heavy atom. The van der Waals surface area contributed by atoms with E-state index in [-0.39, 0.29) is 12.0 Å². The predicted octanol–water partition coefficient (Wildman–Crippen LogP) is 0.0599. The molecule has 0 aliphatic carbocycles. The molecule has 134 valence electrons. The minimum absolute atomic E-state index is 0.119. The molecule has 0 spiro atoms. The van der Waals surface area contributed by atoms with Gasteiger partial charge in [-0.15, -0.1) is 5.06 Å². The second kappa shape index (κ2) is 9.83. The number of carbonyl (C=O) groups excluding carboxylic acids is 2. The summed E-state index contributed by atoms with van der Waals surface area (Å²) < 4.78 is 16.0. The Bertz CT molecular complexity index is 378. The molecular weight excluding hydrogens is 322 g/mol. The standard InChI is InChI=1S/C13H27N3O6Si/c1-12(17)22-16-9-7-15(8-10-16)13(18)14-6-5-11-23(19-2,20-3)21-4/h5-11H2,1-4H3,(H,14,18). The average molecular weight is 349 g/mol. The van der Waals surface area contributed by atoms with Gasteiger partial charge in [0.15, 0.2) is 0 Å². The number of urea groups is 1. The second-order valence-corrected chi connectivity index (χ2v) is 8.22. The number of hydroxylamine groups is 2. The first-order valence-corrected chi connectivity index (χ1v) is 9.51. The van der Waals surface area contributed by atoms with E-state index in [1.807, 2.05) is 0 Å². The monoisotopic (exact) mass is 349 g/mol. The summed E-state index contributed by atoms with van der Waals surface area (Å²) in [6.45, 7) is 3.95. The van der Waals surface area contributed by atoms with Gasteiger partial charge in [-0.1, -0.05) is 0 Å². The fourth-order valence-electron chi connectivity index (χ4n) is 2.33. The van der Waals surface area contributed by atoms with Crippen molar-refractivity contribution in [3.8, 4) is 0 Å². The molecule has 10 heteroatoms. The molecule has 1 aliphatic rings. The Labute approximate surface area is 138 Å². The molecule has 9 nitrogen and oxygen atoms in total. The summed E-state index contributed by atoms with van der Waals surface area (Å²) in [5.41, 5.74) is 0. The number of carbonyl (C=O) groups is 2. The highest BCUT2D eigenvalue weighted by atomic mass is 28.4. The highest BCUT2D eigenvalue weighted by molar-refractivity contribution is 6.60. The van der Waals surface area contributed by atoms with Crippen molar-refractivity contribution in [1.82, 2.24) is 15.3 Å². The van der Waals surface area contributed by atoms with Crippen molar-refractivity contribution in [3.63, 3.8) is 0 Å². The van der Waals surface area contributed by atoms with Crippen LogP contribution in [0, 0.1) is 0 Å². The number of nitrogens with zero attached hydrogens (tertiary/aromatic N) is 2. The lowest BCUT2D eigenvalue weighted by Gasteiger charge is -2.33. The van der Waals surface area contributed by atoms with Crippen molar-refractivity contribution >= 4 is 20.8 Å². The molecule has 1 rings (SSSR count). The lowest BCUT2D eigenvalue weighted by Crippen LogP contribution is -2.52. The molecule has 1 heterocycles. The molecule has 1 aliphatic heterocycles. The van der Waals surface area contributed by atoms with Crippen LogP contribution in [0.15, 0.2) is 0 Å². The number of hydrogen-bond donors (Lipinski definition) is 1. The summed E-state index contributed by atoms with van der Waals surface area (Å²) in [4.78, 5) is 29.6. The van der Waals surface area contributed by atoms with E-state index in [0.29, 0.717) is 45.2 Å². The maximum Gasteiger partial charge on any atom is 0.500 e. The molecule has 2 amide bonds. The maximum atomic E-state index is 12.1. The SMILES string of the molecule is CO[Si](CCCNC(=O)N1CCN(OC(C)=O)CC1)(OC)OC. The van der Waals surface area contributed by atoms with E-state index in [9.17, 15) is 9.59 Å². The normalized spacial score (nSPS) is 16.3. The van der Waals surface area contributed by atoms with Gasteiger partial charge in [-0.3, -0.25) is 4.79 Å². The van der Waals surface area contributed by atoms with Gasteiger partial charge in [0.25, 0.3) is 0 Å². The first kappa shape index (κ1) is 19.8. The van der Waals surface area contributed by atoms with E-state index >= 15 is 0 Å². The average Bonchev–Trinajstić information content (AvgIpc) is 2.55. The zero-order valence-electron chi connectivity index (χ0n) is 14.3. The van der Waals surface area contributed by atoms with E-state index in [0.717, 1.165) is 0 Å². The van der Waals surface area contributed by atoms with Crippen LogP contribution in [-0.4, -0.2) is 84.8 Å². The van der Waals surface area contributed by atoms with Crippen molar-refractivity contribution in [2.24, 2.45) is 0 Å². The molecule has 1 fully saturated rings. The van der Waals surface area contributed by atoms with E-state index < -0.39 is 8.80 Å². The molecule has 0 atom stereocenters. The molecule has 0 unspecified atom stereocenters. The molecular formula is C13H27N3O6Si. The van der Waals surface area contributed by atoms with Crippen LogP contribution in [0.5, 0.6) is 0 Å². The minimum atomic E-state index is -2.57. The van der Waals surface area contributed by atoms with Gasteiger partial charge in [0, 0.05) is 53.9 Å². The molecule has 0 aromatic rings. The van der Waals surface area contributed by atoms with Crippen molar-refractivity contribution in [3.05, 3.63) is 0 Å². The van der Waals surface area contributed by atoms with E-state index in [4.69, 9.17) is 18.1 Å². The summed E-state index contributed by atoms with van der Waals surface area (Å²) >= 11 is 0. The van der Waals surface area contributed by atoms with Crippen molar-refractivity contribution in [2.75, 3.05) is 54.1 Å². The number of rotatable bonds is 8. The first-order chi connectivity index (χ1) is 11.0. The number of amides is 2. The summed E-state index contributed by atoms with van der Waals surface area (Å²) in [7, 11) is 2.14. The van der Waals surface area contributed by atoms with Crippen LogP contribution in [0.2, 0.25) is 6.04 Å². The Kier molecular flexibility index (Phi) is 8.48. The molecule has 1 N–H and O–H groups in total. The molecule has 0 saturated carbocycles. The van der Waals surface area contributed by atoms with Crippen molar-refractivity contribution in [1.29, 1.82) is 0 Å². The summed E-state index contributed by atoms with van der Waals surface area (Å²) in [5.74, 6) is -0.343. The molecule has 0 aromatic heterocycles. The fourth-order valence-corrected chi connectivity index (χ4v) is 4.05. The molecule has 0 bridgehead atoms. The van der Waals surface area contributed by atoms with Gasteiger partial charge in [-0.25, -0.2) is 4.79 Å². The van der Waals surface area contributed by atoms with Gasteiger partial charge in [0.05, 0.1) is 13.1 Å². The summed E-state index contributed by atoms with van der Waals surface area (Å²) in [6, 6.07) is 0.517. The third-order valence-electron chi connectivity index (χ3n) is 3.65. The lowest BCUT2D eigenvalue weighted by atomic mass is 10.4. The molecule has 0 radical (unpaired) electrons. The van der Waals surface area contributed by atoms with Crippen LogP contribution < -0.4 is 5.32 Å². The van der Waals surface area contributed by atoms with Crippen LogP contribution >= 0.6 is 0 Å². The zero-order valence-corrected chi connectivity index (χ0v) is 15.3. The maximum absolute atomic E-state index is 12.1. The van der Waals surface area contributed by atoms with Crippen LogP contribution in [0.3, 0.4) is 0 Å². The van der Waals surface area contributed by atoms with Gasteiger partial charge in [-0.05, 0) is 6.42 Å².